The molecule has 0 spiro atoms. The number of amides is 2. The summed E-state index contributed by atoms with van der Waals surface area (Å²) >= 11 is 0.950. The van der Waals surface area contributed by atoms with Crippen LogP contribution in [0, 0.1) is 13.8 Å². The van der Waals surface area contributed by atoms with Crippen LogP contribution in [0.5, 0.6) is 17.2 Å². The molecule has 8 heteroatoms. The largest absolute Gasteiger partial charge is 0.494 e. The van der Waals surface area contributed by atoms with Crippen molar-refractivity contribution in [2.75, 3.05) is 26.9 Å². The quantitative estimate of drug-likeness (QED) is 0.361. The molecule has 0 radical (unpaired) electrons. The predicted molar refractivity (Wildman–Crippen MR) is 138 cm³/mol. The number of para-hydroxylation sites is 2. The average Bonchev–Trinajstić information content (AvgIpc) is 3.29. The van der Waals surface area contributed by atoms with Gasteiger partial charge in [-0.05, 0) is 86.6 Å². The van der Waals surface area contributed by atoms with Gasteiger partial charge < -0.3 is 18.8 Å². The molecule has 1 fully saturated rings. The maximum absolute atomic E-state index is 13.0. The first-order chi connectivity index (χ1) is 16.9. The maximum atomic E-state index is 13.0. The third kappa shape index (κ3) is 5.22. The van der Waals surface area contributed by atoms with Gasteiger partial charge in [-0.1, -0.05) is 12.1 Å². The molecule has 7 nitrogen and oxygen atoms in total. The number of carbonyl (C=O) groups excluding carboxylic acids is 2. The normalized spacial score (nSPS) is 14.6. The molecule has 0 unspecified atom stereocenters. The summed E-state index contributed by atoms with van der Waals surface area (Å²) in [5.74, 6) is 1.68. The molecule has 1 aromatic heterocycles. The standard InChI is InChI=1S/C27H28N2O5S/c1-5-33-22-12-10-21(11-13-22)29-18(2)16-20(19(29)3)17-25-26(30)28(27(31)35-25)14-15-34-24-9-7-6-8-23(24)32-4/h6-13,16-17H,5,14-15H2,1-4H3/b25-17-. The maximum Gasteiger partial charge on any atom is 0.293 e. The molecule has 2 amide bonds. The van der Waals surface area contributed by atoms with Crippen LogP contribution in [0.15, 0.2) is 59.5 Å². The van der Waals surface area contributed by atoms with Crippen molar-refractivity contribution in [3.8, 4) is 22.9 Å². The Bertz CT molecular complexity index is 1260. The summed E-state index contributed by atoms with van der Waals surface area (Å²) in [4.78, 5) is 27.1. The monoisotopic (exact) mass is 492 g/mol. The molecule has 0 aliphatic carbocycles. The SMILES string of the molecule is CCOc1ccc(-n2c(C)cc(/C=C3\SC(=O)N(CCOc4ccccc4OC)C3=O)c2C)cc1. The van der Waals surface area contributed by atoms with Gasteiger partial charge in [0.25, 0.3) is 11.1 Å². The topological polar surface area (TPSA) is 70.0 Å². The lowest BCUT2D eigenvalue weighted by Gasteiger charge is -2.14. The Morgan fingerprint density at radius 2 is 1.69 bits per heavy atom. The predicted octanol–water partition coefficient (Wildman–Crippen LogP) is 5.62. The fraction of sp³-hybridized carbons (Fsp3) is 0.259. The fourth-order valence-corrected chi connectivity index (χ4v) is 4.86. The van der Waals surface area contributed by atoms with Crippen molar-refractivity contribution in [3.63, 3.8) is 0 Å². The summed E-state index contributed by atoms with van der Waals surface area (Å²) < 4.78 is 18.7. The van der Waals surface area contributed by atoms with Gasteiger partial charge in [0, 0.05) is 17.1 Å². The van der Waals surface area contributed by atoms with Gasteiger partial charge in [-0.15, -0.1) is 0 Å². The van der Waals surface area contributed by atoms with Crippen molar-refractivity contribution in [3.05, 3.63) is 76.5 Å². The molecule has 3 aromatic rings. The Morgan fingerprint density at radius 3 is 2.37 bits per heavy atom. The zero-order chi connectivity index (χ0) is 24.9. The van der Waals surface area contributed by atoms with Crippen LogP contribution in [0.4, 0.5) is 4.79 Å². The van der Waals surface area contributed by atoms with E-state index in [1.165, 1.54) is 4.90 Å². The van der Waals surface area contributed by atoms with E-state index in [0.29, 0.717) is 23.0 Å². The van der Waals surface area contributed by atoms with Gasteiger partial charge in [0.15, 0.2) is 11.5 Å². The van der Waals surface area contributed by atoms with Gasteiger partial charge in [-0.3, -0.25) is 14.5 Å². The van der Waals surface area contributed by atoms with Crippen molar-refractivity contribution in [1.82, 2.24) is 9.47 Å². The highest BCUT2D eigenvalue weighted by Gasteiger charge is 2.35. The molecule has 0 atom stereocenters. The van der Waals surface area contributed by atoms with E-state index in [1.54, 1.807) is 25.3 Å². The van der Waals surface area contributed by atoms with Crippen molar-refractivity contribution >= 4 is 29.0 Å². The van der Waals surface area contributed by atoms with Crippen molar-refractivity contribution in [1.29, 1.82) is 0 Å². The van der Waals surface area contributed by atoms with E-state index in [-0.39, 0.29) is 24.3 Å². The first kappa shape index (κ1) is 24.5. The Hall–Kier alpha value is -3.65. The summed E-state index contributed by atoms with van der Waals surface area (Å²) in [6.45, 7) is 6.92. The lowest BCUT2D eigenvalue weighted by Crippen LogP contribution is -2.32. The van der Waals surface area contributed by atoms with E-state index < -0.39 is 0 Å². The van der Waals surface area contributed by atoms with Crippen LogP contribution in [0.1, 0.15) is 23.9 Å². The molecule has 1 aliphatic heterocycles. The highest BCUT2D eigenvalue weighted by molar-refractivity contribution is 8.18. The van der Waals surface area contributed by atoms with E-state index in [1.807, 2.05) is 63.2 Å². The van der Waals surface area contributed by atoms with Gasteiger partial charge >= 0.3 is 0 Å². The third-order valence-corrected chi connectivity index (χ3v) is 6.59. The molecule has 0 bridgehead atoms. The van der Waals surface area contributed by atoms with Crippen LogP contribution in [-0.4, -0.2) is 47.5 Å². The van der Waals surface area contributed by atoms with Crippen LogP contribution in [0.3, 0.4) is 0 Å². The number of aryl methyl sites for hydroxylation is 1. The van der Waals surface area contributed by atoms with Crippen LogP contribution in [0.2, 0.25) is 0 Å². The van der Waals surface area contributed by atoms with Crippen molar-refractivity contribution < 1.29 is 23.8 Å². The van der Waals surface area contributed by atoms with Gasteiger partial charge in [-0.25, -0.2) is 0 Å². The second kappa shape index (κ2) is 10.7. The highest BCUT2D eigenvalue weighted by Crippen LogP contribution is 2.34. The van der Waals surface area contributed by atoms with Gasteiger partial charge in [0.05, 0.1) is 25.2 Å². The summed E-state index contributed by atoms with van der Waals surface area (Å²) in [6, 6.07) is 17.2. The molecule has 2 heterocycles. The lowest BCUT2D eigenvalue weighted by molar-refractivity contribution is -0.123. The number of hydrogen-bond donors (Lipinski definition) is 0. The Kier molecular flexibility index (Phi) is 7.51. The number of methoxy groups -OCH3 is 1. The number of nitrogens with zero attached hydrogens (tertiary/aromatic N) is 2. The highest BCUT2D eigenvalue weighted by atomic mass is 32.2. The van der Waals surface area contributed by atoms with E-state index >= 15 is 0 Å². The fourth-order valence-electron chi connectivity index (χ4n) is 4.01. The number of imide groups is 1. The summed E-state index contributed by atoms with van der Waals surface area (Å²) in [6.07, 6.45) is 1.79. The molecule has 182 valence electrons. The summed E-state index contributed by atoms with van der Waals surface area (Å²) in [7, 11) is 1.57. The number of benzene rings is 2. The minimum Gasteiger partial charge on any atom is -0.494 e. The minimum atomic E-state index is -0.311. The van der Waals surface area contributed by atoms with E-state index in [4.69, 9.17) is 14.2 Å². The number of rotatable bonds is 9. The smallest absolute Gasteiger partial charge is 0.293 e. The molecule has 0 saturated carbocycles. The zero-order valence-corrected chi connectivity index (χ0v) is 21.1. The van der Waals surface area contributed by atoms with Crippen molar-refractivity contribution in [2.24, 2.45) is 0 Å². The van der Waals surface area contributed by atoms with Crippen LogP contribution >= 0.6 is 11.8 Å². The number of hydrogen-bond acceptors (Lipinski definition) is 6. The van der Waals surface area contributed by atoms with Crippen molar-refractivity contribution in [2.45, 2.75) is 20.8 Å². The Balaban J connectivity index is 1.48. The van der Waals surface area contributed by atoms with E-state index in [0.717, 1.165) is 40.2 Å². The average molecular weight is 493 g/mol. The summed E-state index contributed by atoms with van der Waals surface area (Å²) in [5, 5.41) is -0.301. The van der Waals surface area contributed by atoms with Crippen LogP contribution in [0.25, 0.3) is 11.8 Å². The molecule has 1 aliphatic rings. The zero-order valence-electron chi connectivity index (χ0n) is 20.2. The minimum absolute atomic E-state index is 0.158. The van der Waals surface area contributed by atoms with Gasteiger partial charge in [0.1, 0.15) is 12.4 Å². The lowest BCUT2D eigenvalue weighted by atomic mass is 10.2. The molecule has 1 saturated heterocycles. The second-order valence-corrected chi connectivity index (χ2v) is 8.91. The number of carbonyl (C=O) groups is 2. The second-order valence-electron chi connectivity index (χ2n) is 7.92. The molecular formula is C27H28N2O5S. The summed E-state index contributed by atoms with van der Waals surface area (Å²) in [5.41, 5.74) is 3.91. The number of thioether (sulfide) groups is 1. The Labute approximate surface area is 209 Å². The first-order valence-electron chi connectivity index (χ1n) is 11.4. The Morgan fingerprint density at radius 1 is 0.971 bits per heavy atom. The first-order valence-corrected chi connectivity index (χ1v) is 12.2. The van der Waals surface area contributed by atoms with Crippen LogP contribution < -0.4 is 14.2 Å². The number of aromatic nitrogens is 1. The molecule has 4 rings (SSSR count). The molecule has 0 N–H and O–H groups in total. The van der Waals surface area contributed by atoms with E-state index in [2.05, 4.69) is 4.57 Å². The molecule has 35 heavy (non-hydrogen) atoms. The van der Waals surface area contributed by atoms with Crippen LogP contribution in [-0.2, 0) is 4.79 Å². The number of ether oxygens (including phenoxy) is 3. The third-order valence-electron chi connectivity index (χ3n) is 5.68. The van der Waals surface area contributed by atoms with Gasteiger partial charge in [0.2, 0.25) is 0 Å². The van der Waals surface area contributed by atoms with E-state index in [9.17, 15) is 9.59 Å². The molecular weight excluding hydrogens is 464 g/mol. The molecule has 2 aromatic carbocycles. The van der Waals surface area contributed by atoms with Gasteiger partial charge in [-0.2, -0.15) is 0 Å².